The summed E-state index contributed by atoms with van der Waals surface area (Å²) in [5.41, 5.74) is 1.08. The molecule has 0 atom stereocenters. The van der Waals surface area contributed by atoms with E-state index in [-0.39, 0.29) is 0 Å². The quantitative estimate of drug-likeness (QED) is 0.810. The Kier molecular flexibility index (Phi) is 3.72. The molecule has 1 aliphatic rings. The highest BCUT2D eigenvalue weighted by atomic mass is 15.4. The summed E-state index contributed by atoms with van der Waals surface area (Å²) in [7, 11) is 1.91. The molecule has 0 aliphatic heterocycles. The van der Waals surface area contributed by atoms with E-state index in [0.717, 1.165) is 24.7 Å². The fourth-order valence-electron chi connectivity index (χ4n) is 2.22. The minimum absolute atomic E-state index is 0.746. The molecule has 1 aromatic heterocycles. The number of hydrogen-bond acceptors (Lipinski definition) is 3. The van der Waals surface area contributed by atoms with Gasteiger partial charge in [0, 0.05) is 32.3 Å². The second kappa shape index (κ2) is 5.26. The molecule has 1 heterocycles. The molecule has 0 saturated heterocycles. The minimum Gasteiger partial charge on any atom is -0.314 e. The minimum atomic E-state index is 0.746. The van der Waals surface area contributed by atoms with Crippen LogP contribution in [0.4, 0.5) is 0 Å². The second-order valence-electron chi connectivity index (χ2n) is 4.42. The Morgan fingerprint density at radius 1 is 1.40 bits per heavy atom. The van der Waals surface area contributed by atoms with Gasteiger partial charge in [0.05, 0.1) is 5.69 Å². The summed E-state index contributed by atoms with van der Waals surface area (Å²) in [6.07, 6.45) is 9.88. The summed E-state index contributed by atoms with van der Waals surface area (Å²) in [6.45, 7) is 1.03. The lowest BCUT2D eigenvalue weighted by atomic mass is 9.95. The van der Waals surface area contributed by atoms with Crippen LogP contribution in [-0.2, 0) is 13.5 Å². The van der Waals surface area contributed by atoms with E-state index in [1.165, 1.54) is 32.1 Å². The lowest BCUT2D eigenvalue weighted by molar-refractivity contribution is 0.375. The predicted molar refractivity (Wildman–Crippen MR) is 59.6 cm³/mol. The van der Waals surface area contributed by atoms with Crippen molar-refractivity contribution in [1.29, 1.82) is 0 Å². The summed E-state index contributed by atoms with van der Waals surface area (Å²) < 4.78 is 1.76. The van der Waals surface area contributed by atoms with E-state index in [1.54, 1.807) is 4.68 Å². The van der Waals surface area contributed by atoms with Crippen LogP contribution in [-0.4, -0.2) is 27.6 Å². The zero-order valence-corrected chi connectivity index (χ0v) is 9.45. The fraction of sp³-hybridized carbons (Fsp3) is 0.818. The molecule has 1 fully saturated rings. The van der Waals surface area contributed by atoms with Gasteiger partial charge in [-0.2, -0.15) is 0 Å². The molecule has 0 amide bonds. The lowest BCUT2D eigenvalue weighted by Gasteiger charge is -2.22. The average Bonchev–Trinajstić information content (AvgIpc) is 2.66. The summed E-state index contributed by atoms with van der Waals surface area (Å²) in [4.78, 5) is 0. The maximum Gasteiger partial charge on any atom is 0.0839 e. The maximum atomic E-state index is 4.07. The van der Waals surface area contributed by atoms with Gasteiger partial charge in [-0.15, -0.1) is 5.10 Å². The molecule has 1 saturated carbocycles. The van der Waals surface area contributed by atoms with E-state index < -0.39 is 0 Å². The van der Waals surface area contributed by atoms with Gasteiger partial charge in [0.25, 0.3) is 0 Å². The van der Waals surface area contributed by atoms with Crippen LogP contribution in [0.15, 0.2) is 6.20 Å². The van der Waals surface area contributed by atoms with Gasteiger partial charge in [0.1, 0.15) is 0 Å². The largest absolute Gasteiger partial charge is 0.314 e. The Labute approximate surface area is 91.1 Å². The van der Waals surface area contributed by atoms with E-state index in [2.05, 4.69) is 15.6 Å². The molecule has 0 unspecified atom stereocenters. The van der Waals surface area contributed by atoms with Crippen molar-refractivity contribution in [2.24, 2.45) is 7.05 Å². The van der Waals surface area contributed by atoms with Crippen LogP contribution < -0.4 is 5.32 Å². The number of rotatable bonds is 4. The highest BCUT2D eigenvalue weighted by Gasteiger charge is 2.12. The monoisotopic (exact) mass is 208 g/mol. The van der Waals surface area contributed by atoms with Crippen LogP contribution in [0.25, 0.3) is 0 Å². The Balaban J connectivity index is 1.65. The van der Waals surface area contributed by atoms with Crippen LogP contribution in [0.5, 0.6) is 0 Å². The Morgan fingerprint density at radius 2 is 2.20 bits per heavy atom. The Morgan fingerprint density at radius 3 is 2.87 bits per heavy atom. The molecular formula is C11H20N4. The molecule has 84 valence electrons. The van der Waals surface area contributed by atoms with Gasteiger partial charge in [-0.1, -0.05) is 24.5 Å². The van der Waals surface area contributed by atoms with Crippen molar-refractivity contribution in [2.75, 3.05) is 6.54 Å². The Bertz CT molecular complexity index is 289. The third-order valence-corrected chi connectivity index (χ3v) is 3.07. The maximum absolute atomic E-state index is 4.07. The molecule has 1 N–H and O–H groups in total. The highest BCUT2D eigenvalue weighted by Crippen LogP contribution is 2.17. The van der Waals surface area contributed by atoms with Crippen LogP contribution in [0.3, 0.4) is 0 Å². The summed E-state index contributed by atoms with van der Waals surface area (Å²) in [5, 5.41) is 11.6. The van der Waals surface area contributed by atoms with Crippen LogP contribution in [0.1, 0.15) is 37.8 Å². The van der Waals surface area contributed by atoms with E-state index in [4.69, 9.17) is 0 Å². The number of nitrogens with one attached hydrogen (secondary N) is 1. The zero-order chi connectivity index (χ0) is 10.5. The van der Waals surface area contributed by atoms with Gasteiger partial charge in [-0.25, -0.2) is 0 Å². The molecule has 0 radical (unpaired) electrons. The van der Waals surface area contributed by atoms with Crippen molar-refractivity contribution in [3.05, 3.63) is 11.9 Å². The van der Waals surface area contributed by atoms with Crippen LogP contribution >= 0.6 is 0 Å². The van der Waals surface area contributed by atoms with Crippen molar-refractivity contribution >= 4 is 0 Å². The Hall–Kier alpha value is -0.900. The first-order chi connectivity index (χ1) is 7.34. The van der Waals surface area contributed by atoms with Crippen molar-refractivity contribution < 1.29 is 0 Å². The van der Waals surface area contributed by atoms with Gasteiger partial charge in [-0.05, 0) is 12.8 Å². The van der Waals surface area contributed by atoms with E-state index in [9.17, 15) is 0 Å². The van der Waals surface area contributed by atoms with Crippen LogP contribution in [0, 0.1) is 0 Å². The molecule has 4 nitrogen and oxygen atoms in total. The van der Waals surface area contributed by atoms with Crippen molar-refractivity contribution in [3.63, 3.8) is 0 Å². The van der Waals surface area contributed by atoms with Gasteiger partial charge < -0.3 is 5.32 Å². The van der Waals surface area contributed by atoms with Crippen LogP contribution in [0.2, 0.25) is 0 Å². The van der Waals surface area contributed by atoms with E-state index >= 15 is 0 Å². The first-order valence-electron chi connectivity index (χ1n) is 5.93. The predicted octanol–water partition coefficient (Wildman–Crippen LogP) is 1.28. The van der Waals surface area contributed by atoms with Gasteiger partial charge in [0.2, 0.25) is 0 Å². The topological polar surface area (TPSA) is 42.7 Å². The summed E-state index contributed by atoms with van der Waals surface area (Å²) in [5.74, 6) is 0. The average molecular weight is 208 g/mol. The molecule has 1 aromatic rings. The molecule has 15 heavy (non-hydrogen) atoms. The molecular weight excluding hydrogens is 188 g/mol. The molecule has 0 bridgehead atoms. The van der Waals surface area contributed by atoms with E-state index in [1.807, 2.05) is 13.2 Å². The number of hydrogen-bond donors (Lipinski definition) is 1. The fourth-order valence-corrected chi connectivity index (χ4v) is 2.22. The molecule has 4 heteroatoms. The van der Waals surface area contributed by atoms with Crippen molar-refractivity contribution in [2.45, 2.75) is 44.6 Å². The normalized spacial score (nSPS) is 18.2. The first-order valence-corrected chi connectivity index (χ1v) is 5.93. The highest BCUT2D eigenvalue weighted by molar-refractivity contribution is 4.92. The number of aryl methyl sites for hydroxylation is 1. The third-order valence-electron chi connectivity index (χ3n) is 3.07. The first kappa shape index (κ1) is 10.6. The number of nitrogens with zero attached hydrogens (tertiary/aromatic N) is 3. The van der Waals surface area contributed by atoms with Crippen molar-refractivity contribution in [1.82, 2.24) is 20.3 Å². The third kappa shape index (κ3) is 3.30. The smallest absolute Gasteiger partial charge is 0.0839 e. The van der Waals surface area contributed by atoms with Gasteiger partial charge >= 0.3 is 0 Å². The van der Waals surface area contributed by atoms with Gasteiger partial charge in [-0.3, -0.25) is 4.68 Å². The SMILES string of the molecule is Cn1cc(CCNC2CCCCC2)nn1. The second-order valence-corrected chi connectivity index (χ2v) is 4.42. The molecule has 2 rings (SSSR count). The molecule has 1 aliphatic carbocycles. The van der Waals surface area contributed by atoms with E-state index in [0.29, 0.717) is 0 Å². The zero-order valence-electron chi connectivity index (χ0n) is 9.45. The summed E-state index contributed by atoms with van der Waals surface area (Å²) >= 11 is 0. The lowest BCUT2D eigenvalue weighted by Crippen LogP contribution is -2.32. The van der Waals surface area contributed by atoms with Gasteiger partial charge in [0.15, 0.2) is 0 Å². The molecule has 0 spiro atoms. The summed E-state index contributed by atoms with van der Waals surface area (Å²) in [6, 6.07) is 0.746. The number of aromatic nitrogens is 3. The standard InChI is InChI=1S/C11H20N4/c1-15-9-11(13-14-15)7-8-12-10-5-3-2-4-6-10/h9-10,12H,2-8H2,1H3. The molecule has 0 aromatic carbocycles. The van der Waals surface area contributed by atoms with Crippen molar-refractivity contribution in [3.8, 4) is 0 Å².